The van der Waals surface area contributed by atoms with E-state index in [0.717, 1.165) is 5.92 Å². The molecule has 4 unspecified atom stereocenters. The Labute approximate surface area is 126 Å². The Bertz CT molecular complexity index is 684. The van der Waals surface area contributed by atoms with Crippen LogP contribution in [0.4, 0.5) is 0 Å². The van der Waals surface area contributed by atoms with Crippen molar-refractivity contribution in [3.05, 3.63) is 60.9 Å². The molecule has 2 fully saturated rings. The fourth-order valence-corrected chi connectivity index (χ4v) is 4.88. The third kappa shape index (κ3) is 1.83. The molecule has 108 valence electrons. The second kappa shape index (κ2) is 4.62. The zero-order chi connectivity index (χ0) is 14.4. The second-order valence-electron chi connectivity index (χ2n) is 6.92. The summed E-state index contributed by atoms with van der Waals surface area (Å²) in [4.78, 5) is 0. The van der Waals surface area contributed by atoms with Gasteiger partial charge in [0.15, 0.2) is 0 Å². The van der Waals surface area contributed by atoms with Gasteiger partial charge >= 0.3 is 0 Å². The summed E-state index contributed by atoms with van der Waals surface area (Å²) >= 11 is 0. The zero-order valence-electron chi connectivity index (χ0n) is 12.6. The van der Waals surface area contributed by atoms with Crippen molar-refractivity contribution >= 4 is 10.8 Å². The van der Waals surface area contributed by atoms with Crippen LogP contribution < -0.4 is 0 Å². The van der Waals surface area contributed by atoms with E-state index < -0.39 is 0 Å². The van der Waals surface area contributed by atoms with Gasteiger partial charge in [-0.3, -0.25) is 0 Å². The molecule has 21 heavy (non-hydrogen) atoms. The fourth-order valence-electron chi connectivity index (χ4n) is 4.88. The van der Waals surface area contributed by atoms with E-state index in [1.165, 1.54) is 35.6 Å². The Kier molecular flexibility index (Phi) is 2.85. The minimum atomic E-state index is 0.298. The average molecular weight is 278 g/mol. The van der Waals surface area contributed by atoms with Crippen LogP contribution in [0.25, 0.3) is 10.8 Å². The van der Waals surface area contributed by atoms with E-state index in [2.05, 4.69) is 56.0 Å². The van der Waals surface area contributed by atoms with Crippen molar-refractivity contribution in [1.82, 2.24) is 0 Å². The van der Waals surface area contributed by atoms with Gasteiger partial charge in [0.2, 0.25) is 0 Å². The third-order valence-electron chi connectivity index (χ3n) is 5.89. The fraction of sp³-hybridized carbons (Fsp3) is 0.400. The molecule has 2 aliphatic carbocycles. The average Bonchev–Trinajstić information content (AvgIpc) is 3.04. The number of rotatable bonds is 3. The highest BCUT2D eigenvalue weighted by Gasteiger charge is 2.54. The van der Waals surface area contributed by atoms with Gasteiger partial charge in [-0.1, -0.05) is 56.0 Å². The van der Waals surface area contributed by atoms with Gasteiger partial charge in [-0.05, 0) is 52.8 Å². The van der Waals surface area contributed by atoms with Crippen LogP contribution in [0.15, 0.2) is 55.3 Å². The predicted octanol–water partition coefficient (Wildman–Crippen LogP) is 5.06. The molecule has 2 aromatic rings. The molecular weight excluding hydrogens is 256 g/mol. The van der Waals surface area contributed by atoms with Gasteiger partial charge in [-0.15, -0.1) is 0 Å². The van der Waals surface area contributed by atoms with Crippen molar-refractivity contribution < 1.29 is 4.74 Å². The maximum absolute atomic E-state index is 5.72. The van der Waals surface area contributed by atoms with E-state index in [1.807, 2.05) is 0 Å². The summed E-state index contributed by atoms with van der Waals surface area (Å²) in [6.45, 7) is 6.18. The van der Waals surface area contributed by atoms with Crippen LogP contribution in [0, 0.1) is 11.8 Å². The molecule has 0 N–H and O–H groups in total. The smallest absolute Gasteiger partial charge is 0.101 e. The summed E-state index contributed by atoms with van der Waals surface area (Å²) in [5.41, 5.74) is 1.83. The first-order valence-electron chi connectivity index (χ1n) is 7.97. The molecule has 0 spiro atoms. The summed E-state index contributed by atoms with van der Waals surface area (Å²) in [7, 11) is 0. The van der Waals surface area contributed by atoms with Crippen LogP contribution in [0.1, 0.15) is 31.7 Å². The lowest BCUT2D eigenvalue weighted by molar-refractivity contribution is 0.0706. The van der Waals surface area contributed by atoms with Gasteiger partial charge in [0.1, 0.15) is 6.10 Å². The van der Waals surface area contributed by atoms with Gasteiger partial charge in [-0.25, -0.2) is 0 Å². The van der Waals surface area contributed by atoms with Crippen molar-refractivity contribution in [1.29, 1.82) is 0 Å². The lowest BCUT2D eigenvalue weighted by Gasteiger charge is -2.38. The van der Waals surface area contributed by atoms with Crippen LogP contribution in [0.5, 0.6) is 0 Å². The summed E-state index contributed by atoms with van der Waals surface area (Å²) < 4.78 is 5.72. The van der Waals surface area contributed by atoms with E-state index in [0.29, 0.717) is 17.4 Å². The van der Waals surface area contributed by atoms with Crippen molar-refractivity contribution in [2.45, 2.75) is 37.7 Å². The Morgan fingerprint density at radius 2 is 1.95 bits per heavy atom. The van der Waals surface area contributed by atoms with E-state index in [9.17, 15) is 0 Å². The lowest BCUT2D eigenvalue weighted by Crippen LogP contribution is -2.34. The summed E-state index contributed by atoms with van der Waals surface area (Å²) in [6.07, 6.45) is 5.75. The van der Waals surface area contributed by atoms with Crippen molar-refractivity contribution in [3.63, 3.8) is 0 Å². The summed E-state index contributed by atoms with van der Waals surface area (Å²) in [6, 6.07) is 15.6. The Morgan fingerprint density at radius 3 is 2.71 bits per heavy atom. The Hall–Kier alpha value is -1.76. The van der Waals surface area contributed by atoms with Gasteiger partial charge in [0, 0.05) is 0 Å². The summed E-state index contributed by atoms with van der Waals surface area (Å²) in [5.74, 6) is 1.43. The lowest BCUT2D eigenvalue weighted by atomic mass is 9.68. The van der Waals surface area contributed by atoms with Gasteiger partial charge in [0.05, 0.1) is 6.26 Å². The number of fused-ring (bicyclic) bond motifs is 3. The van der Waals surface area contributed by atoms with Crippen LogP contribution in [-0.4, -0.2) is 6.10 Å². The quantitative estimate of drug-likeness (QED) is 0.713. The molecule has 1 heteroatoms. The zero-order valence-corrected chi connectivity index (χ0v) is 12.6. The van der Waals surface area contributed by atoms with Gasteiger partial charge in [-0.2, -0.15) is 0 Å². The molecule has 2 aliphatic rings. The first-order valence-corrected chi connectivity index (χ1v) is 7.97. The van der Waals surface area contributed by atoms with Crippen molar-refractivity contribution in [3.8, 4) is 0 Å². The maximum Gasteiger partial charge on any atom is 0.101 e. The molecule has 2 saturated carbocycles. The van der Waals surface area contributed by atoms with E-state index in [4.69, 9.17) is 4.74 Å². The van der Waals surface area contributed by atoms with E-state index in [-0.39, 0.29) is 0 Å². The molecule has 1 nitrogen and oxygen atoms in total. The number of ether oxygens (including phenoxy) is 1. The van der Waals surface area contributed by atoms with Crippen LogP contribution in [0.3, 0.4) is 0 Å². The highest BCUT2D eigenvalue weighted by atomic mass is 16.5. The maximum atomic E-state index is 5.72. The molecule has 0 heterocycles. The van der Waals surface area contributed by atoms with E-state index in [1.54, 1.807) is 6.26 Å². The molecular formula is C20H22O. The molecule has 4 atom stereocenters. The molecule has 0 aliphatic heterocycles. The topological polar surface area (TPSA) is 9.23 Å². The molecule has 4 rings (SSSR count). The predicted molar refractivity (Wildman–Crippen MR) is 87.2 cm³/mol. The summed E-state index contributed by atoms with van der Waals surface area (Å²) in [5, 5.41) is 2.79. The molecule has 0 saturated heterocycles. The Morgan fingerprint density at radius 1 is 1.14 bits per heavy atom. The third-order valence-corrected chi connectivity index (χ3v) is 5.89. The molecule has 0 amide bonds. The van der Waals surface area contributed by atoms with Crippen LogP contribution in [0.2, 0.25) is 0 Å². The van der Waals surface area contributed by atoms with Gasteiger partial charge in [0.25, 0.3) is 0 Å². The molecule has 2 aromatic carbocycles. The highest BCUT2D eigenvalue weighted by Crippen LogP contribution is 2.58. The molecule has 2 bridgehead atoms. The van der Waals surface area contributed by atoms with Crippen LogP contribution >= 0.6 is 0 Å². The highest BCUT2D eigenvalue weighted by molar-refractivity contribution is 5.86. The van der Waals surface area contributed by atoms with Crippen molar-refractivity contribution in [2.24, 2.45) is 11.8 Å². The standard InChI is InChI=1S/C20H22O/c1-3-21-19-12-16-11-15(19)13-20(16,2)18-10-6-8-14-7-4-5-9-17(14)18/h3-10,15-16,19H,1,11-13H2,2H3. The van der Waals surface area contributed by atoms with E-state index >= 15 is 0 Å². The molecule has 0 radical (unpaired) electrons. The molecule has 0 aromatic heterocycles. The minimum absolute atomic E-state index is 0.298. The largest absolute Gasteiger partial charge is 0.498 e. The monoisotopic (exact) mass is 278 g/mol. The SMILES string of the molecule is C=COC1CC2CC1CC2(C)c1cccc2ccccc12. The number of hydrogen-bond acceptors (Lipinski definition) is 1. The van der Waals surface area contributed by atoms with Crippen LogP contribution in [-0.2, 0) is 10.2 Å². The number of benzene rings is 2. The number of hydrogen-bond donors (Lipinski definition) is 0. The van der Waals surface area contributed by atoms with Crippen molar-refractivity contribution in [2.75, 3.05) is 0 Å². The Balaban J connectivity index is 1.75. The first-order chi connectivity index (χ1) is 10.2. The first kappa shape index (κ1) is 12.9. The second-order valence-corrected chi connectivity index (χ2v) is 6.92. The minimum Gasteiger partial charge on any atom is -0.498 e. The van der Waals surface area contributed by atoms with Gasteiger partial charge < -0.3 is 4.74 Å². The normalized spacial score (nSPS) is 34.2.